The molecule has 1 aromatic rings. The van der Waals surface area contributed by atoms with Crippen molar-refractivity contribution in [3.8, 4) is 0 Å². The van der Waals surface area contributed by atoms with Crippen LogP contribution >= 0.6 is 11.3 Å². The Morgan fingerprint density at radius 1 is 1.47 bits per heavy atom. The molecule has 1 aromatic heterocycles. The predicted molar refractivity (Wildman–Crippen MR) is 67.7 cm³/mol. The van der Waals surface area contributed by atoms with Gasteiger partial charge in [-0.3, -0.25) is 0 Å². The van der Waals surface area contributed by atoms with Crippen molar-refractivity contribution in [3.63, 3.8) is 0 Å². The molecular formula is C12H19NO3S. The Hall–Kier alpha value is -0.940. The molecule has 1 rings (SSSR count). The summed E-state index contributed by atoms with van der Waals surface area (Å²) < 4.78 is 5.44. The van der Waals surface area contributed by atoms with Gasteiger partial charge in [-0.05, 0) is 26.2 Å². The molecule has 0 saturated heterocycles. The number of carboxylic acids is 1. The summed E-state index contributed by atoms with van der Waals surface area (Å²) in [7, 11) is 0. The maximum Gasteiger partial charge on any atom is 0.347 e. The third-order valence-corrected chi connectivity index (χ3v) is 3.52. The van der Waals surface area contributed by atoms with Crippen LogP contribution in [0.5, 0.6) is 0 Å². The number of rotatable bonds is 6. The second-order valence-corrected chi connectivity index (χ2v) is 5.36. The molecule has 0 aliphatic rings. The molecule has 1 N–H and O–H groups in total. The van der Waals surface area contributed by atoms with Crippen molar-refractivity contribution >= 4 is 17.3 Å². The van der Waals surface area contributed by atoms with Crippen LogP contribution in [0, 0.1) is 5.92 Å². The molecule has 0 bridgehead atoms. The van der Waals surface area contributed by atoms with Crippen molar-refractivity contribution in [3.05, 3.63) is 15.6 Å². The van der Waals surface area contributed by atoms with E-state index < -0.39 is 5.97 Å². The first kappa shape index (κ1) is 14.1. The summed E-state index contributed by atoms with van der Waals surface area (Å²) in [6.07, 6.45) is 0.556. The van der Waals surface area contributed by atoms with Crippen molar-refractivity contribution in [2.75, 3.05) is 6.61 Å². The highest BCUT2D eigenvalue weighted by Crippen LogP contribution is 2.27. The highest BCUT2D eigenvalue weighted by Gasteiger charge is 2.20. The van der Waals surface area contributed by atoms with Gasteiger partial charge in [-0.2, -0.15) is 0 Å². The number of carbonyl (C=O) groups is 1. The van der Waals surface area contributed by atoms with E-state index in [1.54, 1.807) is 0 Å². The standard InChI is InChI=1S/C12H19NO3S/c1-5-16-8(4)11-13-9(6-7(2)3)10(17-11)12(14)15/h7-8H,5-6H2,1-4H3,(H,14,15). The lowest BCUT2D eigenvalue weighted by molar-refractivity contribution is 0.0700. The van der Waals surface area contributed by atoms with Gasteiger partial charge in [0.05, 0.1) is 5.69 Å². The van der Waals surface area contributed by atoms with E-state index in [1.807, 2.05) is 13.8 Å². The molecule has 96 valence electrons. The number of nitrogens with zero attached hydrogens (tertiary/aromatic N) is 1. The maximum atomic E-state index is 11.1. The van der Waals surface area contributed by atoms with Gasteiger partial charge in [0.25, 0.3) is 0 Å². The highest BCUT2D eigenvalue weighted by atomic mass is 32.1. The minimum absolute atomic E-state index is 0.135. The number of hydrogen-bond acceptors (Lipinski definition) is 4. The first-order valence-electron chi connectivity index (χ1n) is 5.80. The van der Waals surface area contributed by atoms with Gasteiger partial charge in [-0.1, -0.05) is 13.8 Å². The van der Waals surface area contributed by atoms with Gasteiger partial charge < -0.3 is 9.84 Å². The smallest absolute Gasteiger partial charge is 0.347 e. The van der Waals surface area contributed by atoms with Gasteiger partial charge in [0.1, 0.15) is 16.0 Å². The van der Waals surface area contributed by atoms with E-state index in [2.05, 4.69) is 18.8 Å². The second-order valence-electron chi connectivity index (χ2n) is 4.33. The van der Waals surface area contributed by atoms with Gasteiger partial charge in [0.15, 0.2) is 0 Å². The van der Waals surface area contributed by atoms with Gasteiger partial charge in [-0.25, -0.2) is 9.78 Å². The van der Waals surface area contributed by atoms with Crippen LogP contribution in [-0.2, 0) is 11.2 Å². The summed E-state index contributed by atoms with van der Waals surface area (Å²) in [5, 5.41) is 9.88. The summed E-state index contributed by atoms with van der Waals surface area (Å²) in [5.41, 5.74) is 0.680. The van der Waals surface area contributed by atoms with E-state index in [9.17, 15) is 4.79 Å². The van der Waals surface area contributed by atoms with Gasteiger partial charge in [0, 0.05) is 6.61 Å². The Bertz CT molecular complexity index is 387. The van der Waals surface area contributed by atoms with Crippen molar-refractivity contribution in [2.24, 2.45) is 5.92 Å². The molecule has 5 heteroatoms. The number of aromatic carboxylic acids is 1. The molecule has 1 heterocycles. The SMILES string of the molecule is CCOC(C)c1nc(CC(C)C)c(C(=O)O)s1. The predicted octanol–water partition coefficient (Wildman–Crippen LogP) is 3.14. The minimum Gasteiger partial charge on any atom is -0.477 e. The van der Waals surface area contributed by atoms with E-state index in [-0.39, 0.29) is 6.10 Å². The lowest BCUT2D eigenvalue weighted by Gasteiger charge is -2.07. The van der Waals surface area contributed by atoms with E-state index in [1.165, 1.54) is 11.3 Å². The summed E-state index contributed by atoms with van der Waals surface area (Å²) >= 11 is 1.22. The zero-order chi connectivity index (χ0) is 13.0. The zero-order valence-corrected chi connectivity index (χ0v) is 11.5. The fourth-order valence-electron chi connectivity index (χ4n) is 1.56. The van der Waals surface area contributed by atoms with Crippen LogP contribution in [-0.4, -0.2) is 22.7 Å². The molecule has 0 spiro atoms. The van der Waals surface area contributed by atoms with Crippen LogP contribution in [0.2, 0.25) is 0 Å². The number of hydrogen-bond donors (Lipinski definition) is 1. The molecule has 1 unspecified atom stereocenters. The summed E-state index contributed by atoms with van der Waals surface area (Å²) in [5.74, 6) is -0.501. The van der Waals surface area contributed by atoms with Crippen molar-refractivity contribution in [1.82, 2.24) is 4.98 Å². The van der Waals surface area contributed by atoms with E-state index in [0.29, 0.717) is 29.5 Å². The fourth-order valence-corrected chi connectivity index (χ4v) is 2.49. The molecule has 0 aliphatic heterocycles. The molecule has 0 saturated carbocycles. The Morgan fingerprint density at radius 3 is 2.59 bits per heavy atom. The van der Waals surface area contributed by atoms with Gasteiger partial charge in [0.2, 0.25) is 0 Å². The summed E-state index contributed by atoms with van der Waals surface area (Å²) in [6, 6.07) is 0. The van der Waals surface area contributed by atoms with Crippen LogP contribution < -0.4 is 0 Å². The number of aromatic nitrogens is 1. The average molecular weight is 257 g/mol. The molecule has 0 aliphatic carbocycles. The molecule has 0 fully saturated rings. The number of thiazole rings is 1. The van der Waals surface area contributed by atoms with Crippen LogP contribution in [0.1, 0.15) is 54.2 Å². The molecule has 4 nitrogen and oxygen atoms in total. The Kier molecular flexibility index (Phi) is 5.08. The summed E-state index contributed by atoms with van der Waals surface area (Å²) in [6.45, 7) is 8.51. The lowest BCUT2D eigenvalue weighted by Crippen LogP contribution is -2.03. The van der Waals surface area contributed by atoms with E-state index in [0.717, 1.165) is 5.01 Å². The summed E-state index contributed by atoms with van der Waals surface area (Å²) in [4.78, 5) is 15.9. The minimum atomic E-state index is -0.895. The third kappa shape index (κ3) is 3.78. The van der Waals surface area contributed by atoms with E-state index >= 15 is 0 Å². The second kappa shape index (κ2) is 6.12. The molecule has 0 amide bonds. The molecular weight excluding hydrogens is 238 g/mol. The topological polar surface area (TPSA) is 59.4 Å². The Morgan fingerprint density at radius 2 is 2.12 bits per heavy atom. The van der Waals surface area contributed by atoms with Crippen molar-refractivity contribution in [1.29, 1.82) is 0 Å². The van der Waals surface area contributed by atoms with Crippen molar-refractivity contribution in [2.45, 2.75) is 40.2 Å². The quantitative estimate of drug-likeness (QED) is 0.850. The average Bonchev–Trinajstić information content (AvgIpc) is 2.61. The monoisotopic (exact) mass is 257 g/mol. The fraction of sp³-hybridized carbons (Fsp3) is 0.667. The first-order chi connectivity index (χ1) is 7.95. The zero-order valence-electron chi connectivity index (χ0n) is 10.7. The largest absolute Gasteiger partial charge is 0.477 e. The maximum absolute atomic E-state index is 11.1. The Balaban J connectivity index is 2.99. The molecule has 17 heavy (non-hydrogen) atoms. The van der Waals surface area contributed by atoms with Gasteiger partial charge >= 0.3 is 5.97 Å². The number of carboxylic acid groups (broad SMARTS) is 1. The van der Waals surface area contributed by atoms with Gasteiger partial charge in [-0.15, -0.1) is 11.3 Å². The van der Waals surface area contributed by atoms with Crippen LogP contribution in [0.4, 0.5) is 0 Å². The van der Waals surface area contributed by atoms with Crippen LogP contribution in [0.15, 0.2) is 0 Å². The van der Waals surface area contributed by atoms with Crippen LogP contribution in [0.25, 0.3) is 0 Å². The molecule has 0 radical (unpaired) electrons. The normalized spacial score (nSPS) is 13.0. The number of ether oxygens (including phenoxy) is 1. The lowest BCUT2D eigenvalue weighted by atomic mass is 10.1. The molecule has 1 atom stereocenters. The molecule has 0 aromatic carbocycles. The van der Waals surface area contributed by atoms with E-state index in [4.69, 9.17) is 9.84 Å². The van der Waals surface area contributed by atoms with Crippen molar-refractivity contribution < 1.29 is 14.6 Å². The first-order valence-corrected chi connectivity index (χ1v) is 6.61. The Labute approximate surface area is 106 Å². The third-order valence-electron chi connectivity index (χ3n) is 2.27. The highest BCUT2D eigenvalue weighted by molar-refractivity contribution is 7.13. The van der Waals surface area contributed by atoms with Crippen LogP contribution in [0.3, 0.4) is 0 Å².